The summed E-state index contributed by atoms with van der Waals surface area (Å²) in [5.41, 5.74) is 4.28. The lowest BCUT2D eigenvalue weighted by Gasteiger charge is -2.18. The summed E-state index contributed by atoms with van der Waals surface area (Å²) in [4.78, 5) is 11.3. The molecule has 0 aliphatic rings. The van der Waals surface area contributed by atoms with Crippen LogP contribution in [0.4, 0.5) is 13.2 Å². The Morgan fingerprint density at radius 3 is 2.37 bits per heavy atom. The fraction of sp³-hybridized carbons (Fsp3) is 0.417. The Balaban J connectivity index is 0.00000324. The predicted molar refractivity (Wildman–Crippen MR) is 70.6 cm³/mol. The number of carbonyl (C=O) groups excluding carboxylic acids is 1. The molecule has 0 radical (unpaired) electrons. The van der Waals surface area contributed by atoms with E-state index in [1.165, 1.54) is 18.2 Å². The molecule has 0 heterocycles. The summed E-state index contributed by atoms with van der Waals surface area (Å²) in [5, 5.41) is 0. The molecule has 1 aromatic carbocycles. The highest BCUT2D eigenvalue weighted by Gasteiger charge is 2.35. The zero-order valence-electron chi connectivity index (χ0n) is 9.91. The summed E-state index contributed by atoms with van der Waals surface area (Å²) >= 11 is 5.49. The molecule has 0 aliphatic carbocycles. The smallest absolute Gasteiger partial charge is 0.369 e. The Morgan fingerprint density at radius 2 is 1.89 bits per heavy atom. The van der Waals surface area contributed by atoms with Gasteiger partial charge < -0.3 is 5.73 Å². The summed E-state index contributed by atoms with van der Waals surface area (Å²) in [7, 11) is 0. The van der Waals surface area contributed by atoms with Crippen LogP contribution in [0.2, 0.25) is 0 Å². The van der Waals surface area contributed by atoms with Crippen LogP contribution in [0, 0.1) is 0 Å². The van der Waals surface area contributed by atoms with Crippen LogP contribution in [0.5, 0.6) is 0 Å². The fourth-order valence-electron chi connectivity index (χ4n) is 1.79. The SMILES string of the molecule is Cl.NC(=O)[C@@H](CCCCl)c1ccccc1C(F)(F)F. The van der Waals surface area contributed by atoms with Gasteiger partial charge in [0, 0.05) is 5.88 Å². The van der Waals surface area contributed by atoms with E-state index in [2.05, 4.69) is 0 Å². The quantitative estimate of drug-likeness (QED) is 0.827. The lowest BCUT2D eigenvalue weighted by Crippen LogP contribution is -2.24. The molecular formula is C12H14Cl2F3NO. The third-order valence-electron chi connectivity index (χ3n) is 2.61. The number of halogens is 5. The monoisotopic (exact) mass is 315 g/mol. The highest BCUT2D eigenvalue weighted by Crippen LogP contribution is 2.36. The van der Waals surface area contributed by atoms with Gasteiger partial charge >= 0.3 is 6.18 Å². The molecule has 1 amide bonds. The third-order valence-corrected chi connectivity index (χ3v) is 2.88. The van der Waals surface area contributed by atoms with E-state index >= 15 is 0 Å². The molecule has 7 heteroatoms. The van der Waals surface area contributed by atoms with Crippen molar-refractivity contribution >= 4 is 29.9 Å². The highest BCUT2D eigenvalue weighted by atomic mass is 35.5. The van der Waals surface area contributed by atoms with Crippen molar-refractivity contribution in [3.05, 3.63) is 35.4 Å². The first-order valence-electron chi connectivity index (χ1n) is 5.39. The molecular weight excluding hydrogens is 302 g/mol. The van der Waals surface area contributed by atoms with Crippen molar-refractivity contribution in [3.8, 4) is 0 Å². The van der Waals surface area contributed by atoms with Crippen molar-refractivity contribution in [2.75, 3.05) is 5.88 Å². The number of alkyl halides is 4. The van der Waals surface area contributed by atoms with E-state index < -0.39 is 23.6 Å². The van der Waals surface area contributed by atoms with Gasteiger partial charge in [-0.15, -0.1) is 24.0 Å². The minimum atomic E-state index is -4.49. The number of primary amides is 1. The van der Waals surface area contributed by atoms with Crippen LogP contribution in [-0.2, 0) is 11.0 Å². The molecule has 1 rings (SSSR count). The molecule has 108 valence electrons. The first-order valence-corrected chi connectivity index (χ1v) is 5.92. The molecule has 2 N–H and O–H groups in total. The maximum Gasteiger partial charge on any atom is 0.416 e. The Kier molecular flexibility index (Phi) is 7.23. The maximum atomic E-state index is 12.8. The number of rotatable bonds is 5. The topological polar surface area (TPSA) is 43.1 Å². The lowest BCUT2D eigenvalue weighted by atomic mass is 9.90. The van der Waals surface area contributed by atoms with Crippen molar-refractivity contribution in [1.82, 2.24) is 0 Å². The third kappa shape index (κ3) is 4.91. The summed E-state index contributed by atoms with van der Waals surface area (Å²) in [5.74, 6) is -1.45. The van der Waals surface area contributed by atoms with Crippen LogP contribution in [-0.4, -0.2) is 11.8 Å². The fourth-order valence-corrected chi connectivity index (χ4v) is 1.95. The molecule has 0 aromatic heterocycles. The van der Waals surface area contributed by atoms with Crippen LogP contribution in [0.15, 0.2) is 24.3 Å². The second kappa shape index (κ2) is 7.60. The number of nitrogens with two attached hydrogens (primary N) is 1. The normalized spacial score (nSPS) is 12.6. The summed E-state index contributed by atoms with van der Waals surface area (Å²) < 4.78 is 38.4. The van der Waals surface area contributed by atoms with Gasteiger partial charge in [-0.05, 0) is 24.5 Å². The van der Waals surface area contributed by atoms with Gasteiger partial charge in [0.05, 0.1) is 11.5 Å². The van der Waals surface area contributed by atoms with Crippen molar-refractivity contribution < 1.29 is 18.0 Å². The van der Waals surface area contributed by atoms with E-state index in [1.807, 2.05) is 0 Å². The van der Waals surface area contributed by atoms with E-state index in [0.717, 1.165) is 6.07 Å². The second-order valence-corrected chi connectivity index (χ2v) is 4.25. The Morgan fingerprint density at radius 1 is 1.32 bits per heavy atom. The van der Waals surface area contributed by atoms with E-state index in [9.17, 15) is 18.0 Å². The van der Waals surface area contributed by atoms with Gasteiger partial charge in [-0.25, -0.2) is 0 Å². The molecule has 0 saturated heterocycles. The maximum absolute atomic E-state index is 12.8. The standard InChI is InChI=1S/C12H13ClF3NO.ClH/c13-7-3-5-9(11(17)18)8-4-1-2-6-10(8)12(14,15)16;/h1-2,4,6,9H,3,5,7H2,(H2,17,18);1H/t9-;/m0./s1. The van der Waals surface area contributed by atoms with Crippen LogP contribution in [0.1, 0.15) is 29.9 Å². The van der Waals surface area contributed by atoms with Crippen LogP contribution < -0.4 is 5.73 Å². The van der Waals surface area contributed by atoms with Crippen molar-refractivity contribution in [2.24, 2.45) is 5.73 Å². The largest absolute Gasteiger partial charge is 0.416 e. The summed E-state index contributed by atoms with van der Waals surface area (Å²) in [6.07, 6.45) is -3.85. The van der Waals surface area contributed by atoms with Crippen LogP contribution in [0.3, 0.4) is 0 Å². The van der Waals surface area contributed by atoms with Crippen molar-refractivity contribution in [2.45, 2.75) is 24.9 Å². The van der Waals surface area contributed by atoms with Gasteiger partial charge in [-0.2, -0.15) is 13.2 Å². The van der Waals surface area contributed by atoms with E-state index in [-0.39, 0.29) is 30.3 Å². The Labute approximate surface area is 120 Å². The van der Waals surface area contributed by atoms with E-state index in [0.29, 0.717) is 6.42 Å². The van der Waals surface area contributed by atoms with Gasteiger partial charge in [0.2, 0.25) is 5.91 Å². The predicted octanol–water partition coefficient (Wildman–Crippen LogP) is 3.72. The minimum absolute atomic E-state index is 0. The molecule has 0 spiro atoms. The highest BCUT2D eigenvalue weighted by molar-refractivity contribution is 6.17. The lowest BCUT2D eigenvalue weighted by molar-refractivity contribution is -0.138. The van der Waals surface area contributed by atoms with E-state index in [4.69, 9.17) is 17.3 Å². The molecule has 0 saturated carbocycles. The zero-order chi connectivity index (χ0) is 13.8. The van der Waals surface area contributed by atoms with Gasteiger partial charge in [-0.3, -0.25) is 4.79 Å². The molecule has 0 fully saturated rings. The number of amides is 1. The first kappa shape index (κ1) is 18.1. The summed E-state index contributed by atoms with van der Waals surface area (Å²) in [6.45, 7) is 0. The average Bonchev–Trinajstić information content (AvgIpc) is 2.28. The zero-order valence-corrected chi connectivity index (χ0v) is 11.5. The van der Waals surface area contributed by atoms with Crippen LogP contribution >= 0.6 is 24.0 Å². The number of hydrogen-bond acceptors (Lipinski definition) is 1. The minimum Gasteiger partial charge on any atom is -0.369 e. The molecule has 0 unspecified atom stereocenters. The molecule has 1 atom stereocenters. The number of benzene rings is 1. The average molecular weight is 316 g/mol. The Bertz CT molecular complexity index is 424. The van der Waals surface area contributed by atoms with Gasteiger partial charge in [0.25, 0.3) is 0 Å². The Hall–Kier alpha value is -0.940. The number of hydrogen-bond donors (Lipinski definition) is 1. The van der Waals surface area contributed by atoms with Gasteiger partial charge in [0.1, 0.15) is 0 Å². The van der Waals surface area contributed by atoms with Gasteiger partial charge in [0.15, 0.2) is 0 Å². The molecule has 19 heavy (non-hydrogen) atoms. The van der Waals surface area contributed by atoms with E-state index in [1.54, 1.807) is 0 Å². The van der Waals surface area contributed by atoms with Crippen LogP contribution in [0.25, 0.3) is 0 Å². The molecule has 1 aromatic rings. The van der Waals surface area contributed by atoms with Crippen molar-refractivity contribution in [3.63, 3.8) is 0 Å². The number of carbonyl (C=O) groups is 1. The molecule has 0 aliphatic heterocycles. The van der Waals surface area contributed by atoms with Gasteiger partial charge in [-0.1, -0.05) is 18.2 Å². The molecule has 2 nitrogen and oxygen atoms in total. The van der Waals surface area contributed by atoms with Crippen molar-refractivity contribution in [1.29, 1.82) is 0 Å². The molecule has 0 bridgehead atoms. The second-order valence-electron chi connectivity index (χ2n) is 3.87. The first-order chi connectivity index (χ1) is 8.38. The summed E-state index contributed by atoms with van der Waals surface area (Å²) in [6, 6.07) is 4.98.